The van der Waals surface area contributed by atoms with E-state index in [0.29, 0.717) is 12.1 Å². The zero-order valence-electron chi connectivity index (χ0n) is 9.67. The Morgan fingerprint density at radius 1 is 1.31 bits per heavy atom. The van der Waals surface area contributed by atoms with Crippen LogP contribution in [0, 0.1) is 6.92 Å². The highest BCUT2D eigenvalue weighted by Crippen LogP contribution is 2.24. The second-order valence-electron chi connectivity index (χ2n) is 4.66. The van der Waals surface area contributed by atoms with E-state index in [9.17, 15) is 0 Å². The van der Waals surface area contributed by atoms with E-state index >= 15 is 0 Å². The monoisotopic (exact) mass is 282 g/mol. The molecule has 0 aliphatic heterocycles. The topological polar surface area (TPSA) is 38.0 Å². The van der Waals surface area contributed by atoms with Gasteiger partial charge in [-0.25, -0.2) is 0 Å². The van der Waals surface area contributed by atoms with Gasteiger partial charge in [0.25, 0.3) is 0 Å². The number of nitrogens with one attached hydrogen (secondary N) is 1. The quantitative estimate of drug-likeness (QED) is 0.872. The summed E-state index contributed by atoms with van der Waals surface area (Å²) >= 11 is 3.55. The van der Waals surface area contributed by atoms with Crippen LogP contribution in [0.5, 0.6) is 0 Å². The summed E-state index contributed by atoms with van der Waals surface area (Å²) in [5.41, 5.74) is 8.55. The van der Waals surface area contributed by atoms with Gasteiger partial charge in [0.1, 0.15) is 0 Å². The fourth-order valence-electron chi connectivity index (χ4n) is 2.24. The van der Waals surface area contributed by atoms with Gasteiger partial charge in [-0.05, 0) is 37.5 Å². The maximum atomic E-state index is 6.12. The van der Waals surface area contributed by atoms with Crippen LogP contribution >= 0.6 is 15.9 Å². The average molecular weight is 283 g/mol. The Bertz CT molecular complexity index is 365. The van der Waals surface area contributed by atoms with Crippen LogP contribution in [0.2, 0.25) is 0 Å². The summed E-state index contributed by atoms with van der Waals surface area (Å²) in [6.45, 7) is 2.10. The number of nitrogens with two attached hydrogens (primary N) is 1. The number of aryl methyl sites for hydroxylation is 1. The molecule has 0 radical (unpaired) electrons. The van der Waals surface area contributed by atoms with Gasteiger partial charge >= 0.3 is 0 Å². The van der Waals surface area contributed by atoms with Gasteiger partial charge in [-0.1, -0.05) is 34.8 Å². The van der Waals surface area contributed by atoms with Crippen molar-refractivity contribution in [1.29, 1.82) is 0 Å². The number of hydrogen-bond acceptors (Lipinski definition) is 2. The van der Waals surface area contributed by atoms with Gasteiger partial charge in [0.05, 0.1) is 0 Å². The largest absolute Gasteiger partial charge is 0.381 e. The van der Waals surface area contributed by atoms with Gasteiger partial charge in [0.15, 0.2) is 0 Å². The molecular formula is C13H19BrN2. The van der Waals surface area contributed by atoms with Crippen LogP contribution in [-0.4, -0.2) is 12.1 Å². The van der Waals surface area contributed by atoms with E-state index in [1.165, 1.54) is 30.5 Å². The molecule has 0 aromatic heterocycles. The second kappa shape index (κ2) is 5.19. The highest BCUT2D eigenvalue weighted by atomic mass is 79.9. The Kier molecular flexibility index (Phi) is 3.87. The standard InChI is InChI=1S/C13H19BrN2/c1-9-6-7-10(8-11(9)14)16-13-5-3-2-4-12(13)15/h6-8,12-13,16H,2-5,15H2,1H3. The van der Waals surface area contributed by atoms with Gasteiger partial charge in [-0.3, -0.25) is 0 Å². The van der Waals surface area contributed by atoms with Gasteiger partial charge in [-0.15, -0.1) is 0 Å². The minimum absolute atomic E-state index is 0.300. The van der Waals surface area contributed by atoms with Crippen molar-refractivity contribution in [2.45, 2.75) is 44.7 Å². The third-order valence-electron chi connectivity index (χ3n) is 3.34. The maximum Gasteiger partial charge on any atom is 0.0412 e. The van der Waals surface area contributed by atoms with Crippen molar-refractivity contribution in [2.75, 3.05) is 5.32 Å². The highest BCUT2D eigenvalue weighted by Gasteiger charge is 2.21. The van der Waals surface area contributed by atoms with Crippen molar-refractivity contribution in [3.05, 3.63) is 28.2 Å². The molecule has 0 spiro atoms. The van der Waals surface area contributed by atoms with E-state index < -0.39 is 0 Å². The number of rotatable bonds is 2. The molecule has 2 unspecified atom stereocenters. The van der Waals surface area contributed by atoms with E-state index in [2.05, 4.69) is 46.4 Å². The Hall–Kier alpha value is -0.540. The lowest BCUT2D eigenvalue weighted by Crippen LogP contribution is -2.42. The Morgan fingerprint density at radius 2 is 2.06 bits per heavy atom. The summed E-state index contributed by atoms with van der Waals surface area (Å²) in [6.07, 6.45) is 4.90. The van der Waals surface area contributed by atoms with Crippen LogP contribution in [-0.2, 0) is 0 Å². The number of anilines is 1. The summed E-state index contributed by atoms with van der Waals surface area (Å²) in [5, 5.41) is 3.54. The van der Waals surface area contributed by atoms with E-state index in [4.69, 9.17) is 5.73 Å². The SMILES string of the molecule is Cc1ccc(NC2CCCCC2N)cc1Br. The average Bonchev–Trinajstić information content (AvgIpc) is 2.27. The smallest absolute Gasteiger partial charge is 0.0412 e. The van der Waals surface area contributed by atoms with Crippen LogP contribution in [0.15, 0.2) is 22.7 Å². The van der Waals surface area contributed by atoms with Crippen molar-refractivity contribution < 1.29 is 0 Å². The predicted molar refractivity (Wildman–Crippen MR) is 72.7 cm³/mol. The van der Waals surface area contributed by atoms with Crippen molar-refractivity contribution in [3.63, 3.8) is 0 Å². The molecule has 0 bridgehead atoms. The summed E-state index contributed by atoms with van der Waals surface area (Å²) in [7, 11) is 0. The first-order valence-corrected chi connectivity index (χ1v) is 6.74. The summed E-state index contributed by atoms with van der Waals surface area (Å²) in [5.74, 6) is 0. The highest BCUT2D eigenvalue weighted by molar-refractivity contribution is 9.10. The number of halogens is 1. The van der Waals surface area contributed by atoms with Gasteiger partial charge in [-0.2, -0.15) is 0 Å². The zero-order chi connectivity index (χ0) is 11.5. The Labute approximate surface area is 106 Å². The third-order valence-corrected chi connectivity index (χ3v) is 4.20. The molecule has 0 saturated heterocycles. The predicted octanol–water partition coefficient (Wildman–Crippen LogP) is 3.44. The van der Waals surface area contributed by atoms with Crippen molar-refractivity contribution >= 4 is 21.6 Å². The second-order valence-corrected chi connectivity index (χ2v) is 5.52. The van der Waals surface area contributed by atoms with Crippen LogP contribution in [0.4, 0.5) is 5.69 Å². The molecule has 2 rings (SSSR count). The van der Waals surface area contributed by atoms with Crippen molar-refractivity contribution in [1.82, 2.24) is 0 Å². The van der Waals surface area contributed by atoms with Crippen LogP contribution in [0.3, 0.4) is 0 Å². The van der Waals surface area contributed by atoms with Crippen LogP contribution in [0.1, 0.15) is 31.2 Å². The fraction of sp³-hybridized carbons (Fsp3) is 0.538. The molecule has 3 N–H and O–H groups in total. The number of hydrogen-bond donors (Lipinski definition) is 2. The fourth-order valence-corrected chi connectivity index (χ4v) is 2.61. The van der Waals surface area contributed by atoms with Gasteiger partial charge in [0.2, 0.25) is 0 Å². The first kappa shape index (κ1) is 11.9. The molecule has 16 heavy (non-hydrogen) atoms. The minimum atomic E-state index is 0.300. The molecule has 1 aliphatic rings. The molecule has 0 amide bonds. The Morgan fingerprint density at radius 3 is 2.75 bits per heavy atom. The van der Waals surface area contributed by atoms with E-state index in [1.54, 1.807) is 0 Å². The normalized spacial score (nSPS) is 25.4. The van der Waals surface area contributed by atoms with Gasteiger partial charge < -0.3 is 11.1 Å². The lowest BCUT2D eigenvalue weighted by atomic mass is 9.91. The molecular weight excluding hydrogens is 264 g/mol. The summed E-state index contributed by atoms with van der Waals surface area (Å²) in [6, 6.07) is 7.12. The molecule has 1 aromatic carbocycles. The Balaban J connectivity index is 2.05. The third kappa shape index (κ3) is 2.77. The molecule has 1 aromatic rings. The molecule has 3 heteroatoms. The van der Waals surface area contributed by atoms with E-state index in [-0.39, 0.29) is 0 Å². The zero-order valence-corrected chi connectivity index (χ0v) is 11.3. The number of benzene rings is 1. The summed E-state index contributed by atoms with van der Waals surface area (Å²) in [4.78, 5) is 0. The van der Waals surface area contributed by atoms with E-state index in [1.807, 2.05) is 0 Å². The molecule has 0 heterocycles. The lowest BCUT2D eigenvalue weighted by molar-refractivity contribution is 0.404. The minimum Gasteiger partial charge on any atom is -0.381 e. The first-order valence-electron chi connectivity index (χ1n) is 5.95. The molecule has 1 aliphatic carbocycles. The maximum absolute atomic E-state index is 6.12. The summed E-state index contributed by atoms with van der Waals surface area (Å²) < 4.78 is 1.15. The molecule has 1 fully saturated rings. The van der Waals surface area contributed by atoms with Crippen LogP contribution < -0.4 is 11.1 Å². The van der Waals surface area contributed by atoms with Gasteiger partial charge in [0, 0.05) is 22.2 Å². The molecule has 2 atom stereocenters. The van der Waals surface area contributed by atoms with Crippen molar-refractivity contribution in [3.8, 4) is 0 Å². The van der Waals surface area contributed by atoms with E-state index in [0.717, 1.165) is 10.9 Å². The molecule has 2 nitrogen and oxygen atoms in total. The van der Waals surface area contributed by atoms with Crippen molar-refractivity contribution in [2.24, 2.45) is 5.73 Å². The molecule has 88 valence electrons. The van der Waals surface area contributed by atoms with Crippen LogP contribution in [0.25, 0.3) is 0 Å². The first-order chi connectivity index (χ1) is 7.66. The molecule has 1 saturated carbocycles. The lowest BCUT2D eigenvalue weighted by Gasteiger charge is -2.30.